The molecule has 0 heterocycles. The first-order valence-corrected chi connectivity index (χ1v) is 6.92. The van der Waals surface area contributed by atoms with E-state index < -0.39 is 11.9 Å². The number of ether oxygens (including phenoxy) is 1. The fourth-order valence-electron chi connectivity index (χ4n) is 1.60. The van der Waals surface area contributed by atoms with Crippen molar-refractivity contribution >= 4 is 39.2 Å². The highest BCUT2D eigenvalue weighted by molar-refractivity contribution is 9.10. The molecule has 0 saturated carbocycles. The molecule has 0 aliphatic rings. The van der Waals surface area contributed by atoms with E-state index in [1.165, 1.54) is 6.07 Å². The molecule has 0 aromatic heterocycles. The predicted octanol–water partition coefficient (Wildman–Crippen LogP) is 2.83. The molecule has 0 bridgehead atoms. The van der Waals surface area contributed by atoms with Crippen LogP contribution in [0.1, 0.15) is 10.4 Å². The lowest BCUT2D eigenvalue weighted by Crippen LogP contribution is -2.20. The number of anilines is 2. The van der Waals surface area contributed by atoms with Gasteiger partial charge in [0.05, 0.1) is 5.56 Å². The number of carbonyl (C=O) groups excluding carboxylic acids is 2. The van der Waals surface area contributed by atoms with Gasteiger partial charge < -0.3 is 15.8 Å². The lowest BCUT2D eigenvalue weighted by Gasteiger charge is -2.07. The predicted molar refractivity (Wildman–Crippen MR) is 83.9 cm³/mol. The van der Waals surface area contributed by atoms with Crippen molar-refractivity contribution in [2.75, 3.05) is 17.7 Å². The number of hydrogen-bond donors (Lipinski definition) is 2. The number of amides is 1. The van der Waals surface area contributed by atoms with Crippen LogP contribution in [0.15, 0.2) is 53.0 Å². The van der Waals surface area contributed by atoms with Gasteiger partial charge in [-0.05, 0) is 46.3 Å². The second-order valence-electron chi connectivity index (χ2n) is 4.23. The normalized spacial score (nSPS) is 9.95. The van der Waals surface area contributed by atoms with Gasteiger partial charge in [-0.1, -0.05) is 18.2 Å². The first kappa shape index (κ1) is 15.1. The fraction of sp³-hybridized carbons (Fsp3) is 0.0667. The van der Waals surface area contributed by atoms with Crippen LogP contribution in [0.4, 0.5) is 11.4 Å². The summed E-state index contributed by atoms with van der Waals surface area (Å²) < 4.78 is 5.63. The van der Waals surface area contributed by atoms with Crippen LogP contribution in [0.2, 0.25) is 0 Å². The summed E-state index contributed by atoms with van der Waals surface area (Å²) in [6.07, 6.45) is 0. The van der Waals surface area contributed by atoms with Crippen LogP contribution in [-0.2, 0) is 9.53 Å². The highest BCUT2D eigenvalue weighted by atomic mass is 79.9. The molecular formula is C15H13BrN2O3. The average Bonchev–Trinajstić information content (AvgIpc) is 2.48. The van der Waals surface area contributed by atoms with Crippen molar-refractivity contribution in [1.29, 1.82) is 0 Å². The topological polar surface area (TPSA) is 81.4 Å². The standard InChI is InChI=1S/C15H13BrN2O3/c16-12-7-6-10(8-13(12)17)15(20)21-9-14(19)18-11-4-2-1-3-5-11/h1-8H,9,17H2,(H,18,19). The molecule has 0 radical (unpaired) electrons. The highest BCUT2D eigenvalue weighted by Crippen LogP contribution is 2.20. The van der Waals surface area contributed by atoms with Crippen molar-refractivity contribution in [2.24, 2.45) is 0 Å². The molecule has 1 amide bonds. The second-order valence-corrected chi connectivity index (χ2v) is 5.08. The summed E-state index contributed by atoms with van der Waals surface area (Å²) >= 11 is 3.24. The number of rotatable bonds is 4. The number of para-hydroxylation sites is 1. The summed E-state index contributed by atoms with van der Waals surface area (Å²) in [5, 5.41) is 2.62. The first-order chi connectivity index (χ1) is 10.1. The molecule has 108 valence electrons. The Hall–Kier alpha value is -2.34. The molecule has 3 N–H and O–H groups in total. The molecule has 6 heteroatoms. The molecule has 5 nitrogen and oxygen atoms in total. The van der Waals surface area contributed by atoms with Gasteiger partial charge in [0.1, 0.15) is 0 Å². The van der Waals surface area contributed by atoms with Gasteiger partial charge in [-0.3, -0.25) is 4.79 Å². The van der Waals surface area contributed by atoms with Crippen LogP contribution in [0.25, 0.3) is 0 Å². The largest absolute Gasteiger partial charge is 0.452 e. The van der Waals surface area contributed by atoms with Crippen LogP contribution >= 0.6 is 15.9 Å². The van der Waals surface area contributed by atoms with Crippen molar-refractivity contribution in [1.82, 2.24) is 0 Å². The number of nitrogens with two attached hydrogens (primary N) is 1. The third kappa shape index (κ3) is 4.32. The highest BCUT2D eigenvalue weighted by Gasteiger charge is 2.11. The van der Waals surface area contributed by atoms with Crippen LogP contribution in [-0.4, -0.2) is 18.5 Å². The van der Waals surface area contributed by atoms with Crippen molar-refractivity contribution in [3.8, 4) is 0 Å². The van der Waals surface area contributed by atoms with Gasteiger partial charge in [0.2, 0.25) is 0 Å². The van der Waals surface area contributed by atoms with Gasteiger partial charge in [0.15, 0.2) is 6.61 Å². The van der Waals surface area contributed by atoms with Crippen LogP contribution in [0, 0.1) is 0 Å². The Balaban J connectivity index is 1.89. The molecule has 0 spiro atoms. The molecule has 0 aliphatic heterocycles. The smallest absolute Gasteiger partial charge is 0.338 e. The summed E-state index contributed by atoms with van der Waals surface area (Å²) in [6.45, 7) is -0.357. The van der Waals surface area contributed by atoms with Crippen molar-refractivity contribution < 1.29 is 14.3 Å². The Bertz CT molecular complexity index is 659. The molecule has 0 fully saturated rings. The zero-order valence-corrected chi connectivity index (χ0v) is 12.6. The number of nitrogen functional groups attached to an aromatic ring is 1. The number of carbonyl (C=O) groups is 2. The molecule has 21 heavy (non-hydrogen) atoms. The number of nitrogens with one attached hydrogen (secondary N) is 1. The molecule has 2 aromatic rings. The third-order valence-corrected chi connectivity index (χ3v) is 3.35. The molecule has 0 atom stereocenters. The van der Waals surface area contributed by atoms with Gasteiger partial charge in [0, 0.05) is 15.8 Å². The molecule has 0 saturated heterocycles. The minimum atomic E-state index is -0.600. The van der Waals surface area contributed by atoms with E-state index in [9.17, 15) is 9.59 Å². The van der Waals surface area contributed by atoms with Gasteiger partial charge in [-0.25, -0.2) is 4.79 Å². The Kier molecular flexibility index (Phi) is 4.94. The maximum absolute atomic E-state index is 11.8. The van der Waals surface area contributed by atoms with Gasteiger partial charge in [-0.15, -0.1) is 0 Å². The zero-order valence-electron chi connectivity index (χ0n) is 11.0. The Morgan fingerprint density at radius 3 is 2.52 bits per heavy atom. The summed E-state index contributed by atoms with van der Waals surface area (Å²) in [5.74, 6) is -1.00. The Morgan fingerprint density at radius 2 is 1.86 bits per heavy atom. The number of esters is 1. The lowest BCUT2D eigenvalue weighted by molar-refractivity contribution is -0.119. The van der Waals surface area contributed by atoms with E-state index in [0.717, 1.165) is 0 Å². The van der Waals surface area contributed by atoms with E-state index in [-0.39, 0.29) is 6.61 Å². The monoisotopic (exact) mass is 348 g/mol. The second kappa shape index (κ2) is 6.90. The van der Waals surface area contributed by atoms with Crippen LogP contribution < -0.4 is 11.1 Å². The van der Waals surface area contributed by atoms with E-state index >= 15 is 0 Å². The molecule has 2 rings (SSSR count). The van der Waals surface area contributed by atoms with E-state index in [4.69, 9.17) is 10.5 Å². The third-order valence-electron chi connectivity index (χ3n) is 2.62. The maximum Gasteiger partial charge on any atom is 0.338 e. The maximum atomic E-state index is 11.8. The minimum absolute atomic E-state index is 0.295. The van der Waals surface area contributed by atoms with Gasteiger partial charge in [0.25, 0.3) is 5.91 Å². The number of benzene rings is 2. The fourth-order valence-corrected chi connectivity index (χ4v) is 1.85. The van der Waals surface area contributed by atoms with Crippen molar-refractivity contribution in [2.45, 2.75) is 0 Å². The quantitative estimate of drug-likeness (QED) is 0.657. The van der Waals surface area contributed by atoms with Crippen LogP contribution in [0.5, 0.6) is 0 Å². The van der Waals surface area contributed by atoms with Crippen LogP contribution in [0.3, 0.4) is 0 Å². The van der Waals surface area contributed by atoms with E-state index in [1.807, 2.05) is 6.07 Å². The van der Waals surface area contributed by atoms with E-state index in [0.29, 0.717) is 21.4 Å². The first-order valence-electron chi connectivity index (χ1n) is 6.13. The van der Waals surface area contributed by atoms with Gasteiger partial charge >= 0.3 is 5.97 Å². The molecule has 2 aromatic carbocycles. The van der Waals surface area contributed by atoms with E-state index in [1.54, 1.807) is 36.4 Å². The summed E-state index contributed by atoms with van der Waals surface area (Å²) in [5.41, 5.74) is 7.05. The number of halogens is 1. The SMILES string of the molecule is Nc1cc(C(=O)OCC(=O)Nc2ccccc2)ccc1Br. The molecule has 0 unspecified atom stereocenters. The summed E-state index contributed by atoms with van der Waals surface area (Å²) in [4.78, 5) is 23.4. The summed E-state index contributed by atoms with van der Waals surface area (Å²) in [6, 6.07) is 13.6. The van der Waals surface area contributed by atoms with Gasteiger partial charge in [-0.2, -0.15) is 0 Å². The van der Waals surface area contributed by atoms with Crippen molar-refractivity contribution in [3.05, 3.63) is 58.6 Å². The number of hydrogen-bond acceptors (Lipinski definition) is 4. The Morgan fingerprint density at radius 1 is 1.14 bits per heavy atom. The van der Waals surface area contributed by atoms with Crippen molar-refractivity contribution in [3.63, 3.8) is 0 Å². The summed E-state index contributed by atoms with van der Waals surface area (Å²) in [7, 11) is 0. The Labute approximate surface area is 130 Å². The zero-order chi connectivity index (χ0) is 15.2. The molecule has 0 aliphatic carbocycles. The molecular weight excluding hydrogens is 336 g/mol. The lowest BCUT2D eigenvalue weighted by atomic mass is 10.2. The minimum Gasteiger partial charge on any atom is -0.452 e. The van der Waals surface area contributed by atoms with E-state index in [2.05, 4.69) is 21.2 Å². The average molecular weight is 349 g/mol.